The fraction of sp³-hybridized carbons (Fsp3) is 0.250. The number of methoxy groups -OCH3 is 1. The van der Waals surface area contributed by atoms with Gasteiger partial charge in [-0.15, -0.1) is 13.2 Å². The van der Waals surface area contributed by atoms with Crippen LogP contribution in [0.3, 0.4) is 0 Å². The Kier molecular flexibility index (Phi) is 3.74. The summed E-state index contributed by atoms with van der Waals surface area (Å²) in [6.45, 7) is 0. The molecule has 0 aromatic carbocycles. The van der Waals surface area contributed by atoms with Crippen molar-refractivity contribution in [2.45, 2.75) is 6.36 Å². The molecule has 0 aliphatic heterocycles. The molecule has 88 valence electrons. The van der Waals surface area contributed by atoms with E-state index in [0.29, 0.717) is 0 Å². The lowest BCUT2D eigenvalue weighted by atomic mass is 10.3. The Labute approximate surface area is 96.5 Å². The number of hydrogen-bond acceptors (Lipinski definition) is 4. The molecule has 1 rings (SSSR count). The number of halogens is 4. The van der Waals surface area contributed by atoms with Gasteiger partial charge >= 0.3 is 12.3 Å². The lowest BCUT2D eigenvalue weighted by Crippen LogP contribution is -2.19. The van der Waals surface area contributed by atoms with Gasteiger partial charge in [-0.25, -0.2) is 9.78 Å². The van der Waals surface area contributed by atoms with Crippen LogP contribution in [0.2, 0.25) is 0 Å². The SMILES string of the molecule is COC(=O)c1ccc(Br)c(OC(F)(F)F)n1. The van der Waals surface area contributed by atoms with E-state index in [1.807, 2.05) is 0 Å². The molecule has 0 aliphatic rings. The average Bonchev–Trinajstić information content (AvgIpc) is 2.18. The zero-order chi connectivity index (χ0) is 12.3. The van der Waals surface area contributed by atoms with E-state index in [2.05, 4.69) is 30.4 Å². The predicted molar refractivity (Wildman–Crippen MR) is 50.0 cm³/mol. The second kappa shape index (κ2) is 4.69. The molecule has 8 heteroatoms. The van der Waals surface area contributed by atoms with Crippen LogP contribution in [0.1, 0.15) is 10.5 Å². The summed E-state index contributed by atoms with van der Waals surface area (Å²) >= 11 is 2.81. The Morgan fingerprint density at radius 2 is 2.06 bits per heavy atom. The van der Waals surface area contributed by atoms with Crippen molar-refractivity contribution in [3.8, 4) is 5.88 Å². The van der Waals surface area contributed by atoms with Crippen molar-refractivity contribution in [3.63, 3.8) is 0 Å². The number of carbonyl (C=O) groups excluding carboxylic acids is 1. The number of pyridine rings is 1. The molecule has 1 aromatic rings. The van der Waals surface area contributed by atoms with Crippen LogP contribution in [-0.4, -0.2) is 24.4 Å². The molecule has 0 spiro atoms. The van der Waals surface area contributed by atoms with Crippen molar-refractivity contribution in [1.82, 2.24) is 4.98 Å². The Morgan fingerprint density at radius 1 is 1.44 bits per heavy atom. The highest BCUT2D eigenvalue weighted by atomic mass is 79.9. The molecule has 0 atom stereocenters. The van der Waals surface area contributed by atoms with Gasteiger partial charge < -0.3 is 9.47 Å². The lowest BCUT2D eigenvalue weighted by molar-refractivity contribution is -0.276. The topological polar surface area (TPSA) is 48.4 Å². The third-order valence-corrected chi connectivity index (χ3v) is 2.02. The second-order valence-electron chi connectivity index (χ2n) is 2.52. The quantitative estimate of drug-likeness (QED) is 0.788. The van der Waals surface area contributed by atoms with Crippen molar-refractivity contribution < 1.29 is 27.4 Å². The summed E-state index contributed by atoms with van der Waals surface area (Å²) in [5.41, 5.74) is -0.273. The third kappa shape index (κ3) is 3.37. The van der Waals surface area contributed by atoms with E-state index in [0.717, 1.165) is 7.11 Å². The van der Waals surface area contributed by atoms with E-state index in [1.165, 1.54) is 12.1 Å². The molecule has 0 radical (unpaired) electrons. The first-order valence-corrected chi connectivity index (χ1v) is 4.63. The fourth-order valence-corrected chi connectivity index (χ4v) is 1.12. The minimum atomic E-state index is -4.87. The zero-order valence-electron chi connectivity index (χ0n) is 7.84. The number of aromatic nitrogens is 1. The first-order chi connectivity index (χ1) is 7.33. The number of esters is 1. The molecule has 4 nitrogen and oxygen atoms in total. The van der Waals surface area contributed by atoms with E-state index in [9.17, 15) is 18.0 Å². The lowest BCUT2D eigenvalue weighted by Gasteiger charge is -2.09. The number of alkyl halides is 3. The molecule has 16 heavy (non-hydrogen) atoms. The summed E-state index contributed by atoms with van der Waals surface area (Å²) in [5, 5.41) is 0. The molecule has 0 fully saturated rings. The molecule has 0 aliphatic carbocycles. The summed E-state index contributed by atoms with van der Waals surface area (Å²) in [6, 6.07) is 2.42. The van der Waals surface area contributed by atoms with Gasteiger partial charge in [0.05, 0.1) is 11.6 Å². The first-order valence-electron chi connectivity index (χ1n) is 3.84. The maximum absolute atomic E-state index is 11.9. The summed E-state index contributed by atoms with van der Waals surface area (Å²) in [6.07, 6.45) is -4.87. The van der Waals surface area contributed by atoms with Gasteiger partial charge in [-0.1, -0.05) is 0 Å². The fourth-order valence-electron chi connectivity index (χ4n) is 0.823. The van der Waals surface area contributed by atoms with Crippen molar-refractivity contribution in [2.75, 3.05) is 7.11 Å². The van der Waals surface area contributed by atoms with E-state index in [-0.39, 0.29) is 10.2 Å². The number of carbonyl (C=O) groups is 1. The normalized spacial score (nSPS) is 11.1. The van der Waals surface area contributed by atoms with Gasteiger partial charge in [0.25, 0.3) is 0 Å². The van der Waals surface area contributed by atoms with E-state index >= 15 is 0 Å². The number of ether oxygens (including phenoxy) is 2. The monoisotopic (exact) mass is 299 g/mol. The highest BCUT2D eigenvalue weighted by molar-refractivity contribution is 9.10. The molecule has 0 saturated heterocycles. The van der Waals surface area contributed by atoms with Crippen molar-refractivity contribution >= 4 is 21.9 Å². The maximum Gasteiger partial charge on any atom is 0.574 e. The van der Waals surface area contributed by atoms with Gasteiger partial charge in [-0.2, -0.15) is 0 Å². The second-order valence-corrected chi connectivity index (χ2v) is 3.38. The molecule has 0 bridgehead atoms. The van der Waals surface area contributed by atoms with Crippen molar-refractivity contribution in [1.29, 1.82) is 0 Å². The molecule has 1 heterocycles. The Balaban J connectivity index is 3.04. The van der Waals surface area contributed by atoms with Crippen LogP contribution in [0.15, 0.2) is 16.6 Å². The number of nitrogens with zero attached hydrogens (tertiary/aromatic N) is 1. The average molecular weight is 300 g/mol. The van der Waals surface area contributed by atoms with Crippen LogP contribution in [0, 0.1) is 0 Å². The van der Waals surface area contributed by atoms with Gasteiger partial charge in [-0.05, 0) is 28.1 Å². The maximum atomic E-state index is 11.9. The Hall–Kier alpha value is -1.31. The number of hydrogen-bond donors (Lipinski definition) is 0. The van der Waals surface area contributed by atoms with Crippen LogP contribution >= 0.6 is 15.9 Å². The molecule has 0 amide bonds. The van der Waals surface area contributed by atoms with Crippen LogP contribution < -0.4 is 4.74 Å². The first kappa shape index (κ1) is 12.8. The molecule has 1 aromatic heterocycles. The smallest absolute Gasteiger partial charge is 0.464 e. The highest BCUT2D eigenvalue weighted by Crippen LogP contribution is 2.28. The summed E-state index contributed by atoms with van der Waals surface area (Å²) in [4.78, 5) is 14.4. The minimum Gasteiger partial charge on any atom is -0.464 e. The minimum absolute atomic E-state index is 0.0162. The Bertz CT molecular complexity index is 408. The third-order valence-electron chi connectivity index (χ3n) is 1.42. The zero-order valence-corrected chi connectivity index (χ0v) is 9.42. The highest BCUT2D eigenvalue weighted by Gasteiger charge is 2.33. The van der Waals surface area contributed by atoms with Crippen LogP contribution in [-0.2, 0) is 4.74 Å². The van der Waals surface area contributed by atoms with Crippen molar-refractivity contribution in [3.05, 3.63) is 22.3 Å². The van der Waals surface area contributed by atoms with Gasteiger partial charge in [0.1, 0.15) is 0 Å². The van der Waals surface area contributed by atoms with Gasteiger partial charge in [0.15, 0.2) is 5.69 Å². The van der Waals surface area contributed by atoms with Crippen molar-refractivity contribution in [2.24, 2.45) is 0 Å². The van der Waals surface area contributed by atoms with Gasteiger partial charge in [0, 0.05) is 0 Å². The molecule has 0 N–H and O–H groups in total. The van der Waals surface area contributed by atoms with Crippen LogP contribution in [0.4, 0.5) is 13.2 Å². The van der Waals surface area contributed by atoms with Crippen LogP contribution in [0.25, 0.3) is 0 Å². The standard InChI is InChI=1S/C8H5BrF3NO3/c1-15-7(14)5-3-2-4(9)6(13-5)16-8(10,11)12/h2-3H,1H3. The van der Waals surface area contributed by atoms with E-state index in [1.54, 1.807) is 0 Å². The van der Waals surface area contributed by atoms with E-state index < -0.39 is 18.2 Å². The molecular weight excluding hydrogens is 295 g/mol. The number of rotatable bonds is 2. The summed E-state index contributed by atoms with van der Waals surface area (Å²) in [7, 11) is 1.09. The summed E-state index contributed by atoms with van der Waals surface area (Å²) < 4.78 is 43.7. The molecule has 0 saturated carbocycles. The largest absolute Gasteiger partial charge is 0.574 e. The molecule has 0 unspecified atom stereocenters. The van der Waals surface area contributed by atoms with E-state index in [4.69, 9.17) is 0 Å². The van der Waals surface area contributed by atoms with Gasteiger partial charge in [0.2, 0.25) is 5.88 Å². The van der Waals surface area contributed by atoms with Crippen LogP contribution in [0.5, 0.6) is 5.88 Å². The summed E-state index contributed by atoms with van der Waals surface area (Å²) in [5.74, 6) is -1.59. The predicted octanol–water partition coefficient (Wildman–Crippen LogP) is 2.53. The van der Waals surface area contributed by atoms with Gasteiger partial charge in [-0.3, -0.25) is 0 Å². The molecular formula is C8H5BrF3NO3. The Morgan fingerprint density at radius 3 is 2.56 bits per heavy atom.